The Morgan fingerprint density at radius 3 is 2.78 bits per heavy atom. The zero-order valence-corrected chi connectivity index (χ0v) is 15.3. The van der Waals surface area contributed by atoms with Gasteiger partial charge in [-0.05, 0) is 49.5 Å². The van der Waals surface area contributed by atoms with Crippen LogP contribution in [0.1, 0.15) is 46.5 Å². The fraction of sp³-hybridized carbons (Fsp3) is 0.368. The number of carbonyl (C=O) groups excluding carboxylic acids is 1. The number of piperidine rings is 1. The lowest BCUT2D eigenvalue weighted by molar-refractivity contribution is 0.0694. The predicted molar refractivity (Wildman–Crippen MR) is 96.9 cm³/mol. The van der Waals surface area contributed by atoms with Gasteiger partial charge in [0.1, 0.15) is 11.5 Å². The van der Waals surface area contributed by atoms with Crippen LogP contribution in [0, 0.1) is 13.8 Å². The zero-order chi connectivity index (χ0) is 18.8. The summed E-state index contributed by atoms with van der Waals surface area (Å²) in [7, 11) is 0. The van der Waals surface area contributed by atoms with E-state index in [1.807, 2.05) is 30.2 Å². The molecule has 8 heteroatoms. The molecule has 0 aliphatic carbocycles. The third kappa shape index (κ3) is 3.42. The molecule has 0 bridgehead atoms. The van der Waals surface area contributed by atoms with Crippen molar-refractivity contribution in [1.29, 1.82) is 0 Å². The summed E-state index contributed by atoms with van der Waals surface area (Å²) in [5, 5.41) is 7.47. The quantitative estimate of drug-likeness (QED) is 0.704. The maximum atomic E-state index is 12.8. The van der Waals surface area contributed by atoms with Gasteiger partial charge in [0, 0.05) is 43.2 Å². The van der Waals surface area contributed by atoms with Gasteiger partial charge in [-0.15, -0.1) is 0 Å². The summed E-state index contributed by atoms with van der Waals surface area (Å²) in [5.74, 6) is 0.713. The van der Waals surface area contributed by atoms with E-state index < -0.39 is 0 Å². The maximum Gasteiger partial charge on any atom is 0.278 e. The molecule has 8 nitrogen and oxygen atoms in total. The molecule has 0 aromatic carbocycles. The van der Waals surface area contributed by atoms with Crippen molar-refractivity contribution in [3.8, 4) is 11.1 Å². The van der Waals surface area contributed by atoms with Crippen molar-refractivity contribution in [2.45, 2.75) is 32.6 Å². The average molecular weight is 364 g/mol. The van der Waals surface area contributed by atoms with E-state index in [1.165, 1.54) is 0 Å². The second-order valence-electron chi connectivity index (χ2n) is 6.74. The first-order chi connectivity index (χ1) is 13.1. The van der Waals surface area contributed by atoms with Gasteiger partial charge in [-0.25, -0.2) is 14.6 Å². The molecule has 3 aromatic heterocycles. The summed E-state index contributed by atoms with van der Waals surface area (Å²) in [4.78, 5) is 27.8. The van der Waals surface area contributed by atoms with Crippen LogP contribution in [0.25, 0.3) is 11.1 Å². The number of hydrogen-bond acceptors (Lipinski definition) is 7. The molecule has 27 heavy (non-hydrogen) atoms. The molecule has 0 N–H and O–H groups in total. The number of aryl methyl sites for hydroxylation is 2. The summed E-state index contributed by atoms with van der Waals surface area (Å²) in [6, 6.07) is 3.90. The lowest BCUT2D eigenvalue weighted by atomic mass is 9.90. The normalized spacial score (nSPS) is 17.1. The molecular formula is C19H20N6O2. The summed E-state index contributed by atoms with van der Waals surface area (Å²) >= 11 is 0. The van der Waals surface area contributed by atoms with Crippen molar-refractivity contribution in [2.24, 2.45) is 0 Å². The van der Waals surface area contributed by atoms with Gasteiger partial charge < -0.3 is 4.90 Å². The Balaban J connectivity index is 1.65. The number of aromatic nitrogens is 5. The minimum Gasteiger partial charge on any atom is -0.336 e. The van der Waals surface area contributed by atoms with E-state index in [0.29, 0.717) is 18.8 Å². The van der Waals surface area contributed by atoms with Crippen molar-refractivity contribution in [3.05, 3.63) is 53.6 Å². The zero-order valence-electron chi connectivity index (χ0n) is 15.3. The Hall–Kier alpha value is -3.16. The van der Waals surface area contributed by atoms with Crippen LogP contribution in [-0.4, -0.2) is 49.2 Å². The van der Waals surface area contributed by atoms with Crippen LogP contribution in [0.3, 0.4) is 0 Å². The van der Waals surface area contributed by atoms with E-state index in [0.717, 1.165) is 35.5 Å². The van der Waals surface area contributed by atoms with Crippen molar-refractivity contribution < 1.29 is 9.42 Å². The van der Waals surface area contributed by atoms with Crippen LogP contribution in [0.2, 0.25) is 0 Å². The number of nitrogens with zero attached hydrogens (tertiary/aromatic N) is 6. The average Bonchev–Trinajstić information content (AvgIpc) is 3.14. The standard InChI is InChI=1S/C19H20N6O2/c1-12-17(24-27-23-12)19(26)25-9-3-4-15(11-25)18-16(10-21-13(2)22-18)14-5-7-20-8-6-14/h5-8,10,15H,3-4,9,11H2,1-2H3/t15-/m0/s1. The predicted octanol–water partition coefficient (Wildman–Crippen LogP) is 2.56. The third-order valence-electron chi connectivity index (χ3n) is 4.88. The molecule has 0 spiro atoms. The molecule has 1 aliphatic rings. The summed E-state index contributed by atoms with van der Waals surface area (Å²) < 4.78 is 4.69. The monoisotopic (exact) mass is 364 g/mol. The first-order valence-electron chi connectivity index (χ1n) is 8.96. The van der Waals surface area contributed by atoms with E-state index in [1.54, 1.807) is 19.3 Å². The lowest BCUT2D eigenvalue weighted by Gasteiger charge is -2.32. The van der Waals surface area contributed by atoms with Gasteiger partial charge in [0.25, 0.3) is 5.91 Å². The topological polar surface area (TPSA) is 97.9 Å². The minimum absolute atomic E-state index is 0.132. The molecule has 0 saturated carbocycles. The van der Waals surface area contributed by atoms with Gasteiger partial charge >= 0.3 is 0 Å². The number of likely N-dealkylation sites (tertiary alicyclic amines) is 1. The summed E-state index contributed by atoms with van der Waals surface area (Å²) in [6.45, 7) is 4.88. The van der Waals surface area contributed by atoms with Crippen LogP contribution >= 0.6 is 0 Å². The molecule has 4 heterocycles. The maximum absolute atomic E-state index is 12.8. The second kappa shape index (κ2) is 7.22. The smallest absolute Gasteiger partial charge is 0.278 e. The highest BCUT2D eigenvalue weighted by Gasteiger charge is 2.30. The fourth-order valence-corrected chi connectivity index (χ4v) is 3.51. The van der Waals surface area contributed by atoms with Crippen molar-refractivity contribution >= 4 is 5.91 Å². The molecule has 1 aliphatic heterocycles. The molecule has 0 radical (unpaired) electrons. The Bertz CT molecular complexity index is 956. The molecule has 138 valence electrons. The van der Waals surface area contributed by atoms with Crippen LogP contribution in [0.4, 0.5) is 0 Å². The van der Waals surface area contributed by atoms with Gasteiger partial charge in [-0.1, -0.05) is 5.16 Å². The molecule has 4 rings (SSSR count). The van der Waals surface area contributed by atoms with Crippen LogP contribution in [-0.2, 0) is 0 Å². The van der Waals surface area contributed by atoms with Crippen molar-refractivity contribution in [3.63, 3.8) is 0 Å². The van der Waals surface area contributed by atoms with Gasteiger partial charge in [0.15, 0.2) is 5.69 Å². The molecule has 0 unspecified atom stereocenters. The number of pyridine rings is 1. The first-order valence-corrected chi connectivity index (χ1v) is 8.96. The van der Waals surface area contributed by atoms with E-state index in [-0.39, 0.29) is 17.5 Å². The summed E-state index contributed by atoms with van der Waals surface area (Å²) in [6.07, 6.45) is 7.25. The van der Waals surface area contributed by atoms with E-state index in [9.17, 15) is 4.79 Å². The fourth-order valence-electron chi connectivity index (χ4n) is 3.51. The number of hydrogen-bond donors (Lipinski definition) is 0. The van der Waals surface area contributed by atoms with E-state index in [2.05, 4.69) is 24.9 Å². The third-order valence-corrected chi connectivity index (χ3v) is 4.88. The highest BCUT2D eigenvalue weighted by atomic mass is 16.6. The second-order valence-corrected chi connectivity index (χ2v) is 6.74. The van der Waals surface area contributed by atoms with Gasteiger partial charge in [-0.3, -0.25) is 9.78 Å². The van der Waals surface area contributed by atoms with Crippen LogP contribution in [0.5, 0.6) is 0 Å². The van der Waals surface area contributed by atoms with E-state index in [4.69, 9.17) is 4.98 Å². The number of rotatable bonds is 3. The van der Waals surface area contributed by atoms with Gasteiger partial charge in [0.05, 0.1) is 5.69 Å². The highest BCUT2D eigenvalue weighted by Crippen LogP contribution is 2.33. The molecule has 1 fully saturated rings. The molecule has 1 saturated heterocycles. The highest BCUT2D eigenvalue weighted by molar-refractivity contribution is 5.93. The first kappa shape index (κ1) is 17.3. The van der Waals surface area contributed by atoms with Crippen molar-refractivity contribution in [2.75, 3.05) is 13.1 Å². The minimum atomic E-state index is -0.144. The Kier molecular flexibility index (Phi) is 4.62. The largest absolute Gasteiger partial charge is 0.336 e. The SMILES string of the molecule is Cc1ncc(-c2ccncc2)c([C@H]2CCCN(C(=O)c3nonc3C)C2)n1. The lowest BCUT2D eigenvalue weighted by Crippen LogP contribution is -2.40. The molecule has 3 aromatic rings. The number of amides is 1. The molecular weight excluding hydrogens is 344 g/mol. The van der Waals surface area contributed by atoms with Gasteiger partial charge in [0.2, 0.25) is 0 Å². The molecule has 1 atom stereocenters. The van der Waals surface area contributed by atoms with Crippen molar-refractivity contribution in [1.82, 2.24) is 30.2 Å². The summed E-state index contributed by atoms with van der Waals surface area (Å²) in [5.41, 5.74) is 3.78. The van der Waals surface area contributed by atoms with Crippen LogP contribution in [0.15, 0.2) is 35.4 Å². The Morgan fingerprint density at radius 1 is 1.22 bits per heavy atom. The Morgan fingerprint density at radius 2 is 2.04 bits per heavy atom. The molecule has 1 amide bonds. The van der Waals surface area contributed by atoms with E-state index >= 15 is 0 Å². The van der Waals surface area contributed by atoms with Gasteiger partial charge in [-0.2, -0.15) is 0 Å². The van der Waals surface area contributed by atoms with Crippen LogP contribution < -0.4 is 0 Å². The number of carbonyl (C=O) groups is 1. The Labute approximate surface area is 156 Å².